The number of carbonyl (C=O) groups excluding carboxylic acids is 1. The van der Waals surface area contributed by atoms with Crippen molar-refractivity contribution in [1.29, 1.82) is 0 Å². The molecule has 22 heavy (non-hydrogen) atoms. The molecular formula is C16H23ClN2O3. The van der Waals surface area contributed by atoms with Crippen molar-refractivity contribution in [3.05, 3.63) is 29.3 Å². The van der Waals surface area contributed by atoms with Gasteiger partial charge in [0, 0.05) is 24.3 Å². The van der Waals surface area contributed by atoms with Crippen LogP contribution in [0.5, 0.6) is 5.75 Å². The summed E-state index contributed by atoms with van der Waals surface area (Å²) in [4.78, 5) is 11.8. The number of nitrogens with one attached hydrogen (secondary N) is 2. The molecule has 122 valence electrons. The van der Waals surface area contributed by atoms with Crippen LogP contribution in [0.4, 0.5) is 4.79 Å². The molecule has 2 amide bonds. The van der Waals surface area contributed by atoms with E-state index in [0.29, 0.717) is 29.8 Å². The number of benzene rings is 1. The topological polar surface area (TPSA) is 59.6 Å². The van der Waals surface area contributed by atoms with Gasteiger partial charge in [0.1, 0.15) is 12.4 Å². The van der Waals surface area contributed by atoms with Crippen molar-refractivity contribution >= 4 is 17.6 Å². The highest BCUT2D eigenvalue weighted by molar-refractivity contribution is 6.30. The Hall–Kier alpha value is -1.46. The second-order valence-electron chi connectivity index (χ2n) is 5.44. The van der Waals surface area contributed by atoms with E-state index < -0.39 is 0 Å². The van der Waals surface area contributed by atoms with Gasteiger partial charge in [-0.2, -0.15) is 0 Å². The van der Waals surface area contributed by atoms with Gasteiger partial charge in [0.25, 0.3) is 0 Å². The molecule has 0 unspecified atom stereocenters. The molecule has 0 aromatic heterocycles. The Balaban J connectivity index is 1.61. The number of hydrogen-bond donors (Lipinski definition) is 2. The Bertz CT molecular complexity index is 478. The first-order chi connectivity index (χ1) is 10.6. The maximum atomic E-state index is 11.8. The number of carbonyl (C=O) groups is 1. The molecular weight excluding hydrogens is 304 g/mol. The minimum atomic E-state index is -0.159. The highest BCUT2D eigenvalue weighted by Crippen LogP contribution is 2.18. The number of urea groups is 1. The van der Waals surface area contributed by atoms with Gasteiger partial charge in [0.2, 0.25) is 0 Å². The summed E-state index contributed by atoms with van der Waals surface area (Å²) in [6, 6.07) is 7.19. The Labute approximate surface area is 136 Å². The molecule has 0 aliphatic carbocycles. The average Bonchev–Trinajstić information content (AvgIpc) is 2.52. The largest absolute Gasteiger partial charge is 0.492 e. The fourth-order valence-corrected chi connectivity index (χ4v) is 2.66. The molecule has 0 spiro atoms. The molecule has 1 fully saturated rings. The highest BCUT2D eigenvalue weighted by atomic mass is 35.5. The van der Waals surface area contributed by atoms with E-state index in [9.17, 15) is 4.79 Å². The predicted molar refractivity (Wildman–Crippen MR) is 86.5 cm³/mol. The van der Waals surface area contributed by atoms with Crippen LogP contribution in [0.2, 0.25) is 5.02 Å². The molecule has 1 saturated heterocycles. The van der Waals surface area contributed by atoms with Crippen LogP contribution in [-0.4, -0.2) is 38.4 Å². The monoisotopic (exact) mass is 326 g/mol. The lowest BCUT2D eigenvalue weighted by Crippen LogP contribution is -2.46. The zero-order valence-corrected chi connectivity index (χ0v) is 13.6. The molecule has 2 N–H and O–H groups in total. The van der Waals surface area contributed by atoms with Crippen molar-refractivity contribution in [2.45, 2.75) is 25.8 Å². The van der Waals surface area contributed by atoms with E-state index in [1.807, 2.05) is 19.1 Å². The third kappa shape index (κ3) is 5.73. The van der Waals surface area contributed by atoms with Gasteiger partial charge >= 0.3 is 6.03 Å². The first-order valence-corrected chi connectivity index (χ1v) is 8.03. The normalized spacial score (nSPS) is 16.8. The smallest absolute Gasteiger partial charge is 0.315 e. The summed E-state index contributed by atoms with van der Waals surface area (Å²) in [7, 11) is 0. The van der Waals surface area contributed by atoms with E-state index in [0.717, 1.165) is 26.1 Å². The van der Waals surface area contributed by atoms with Crippen LogP contribution in [0.1, 0.15) is 19.8 Å². The van der Waals surface area contributed by atoms with Crippen molar-refractivity contribution in [2.75, 3.05) is 26.4 Å². The molecule has 1 atom stereocenters. The molecule has 5 nitrogen and oxygen atoms in total. The summed E-state index contributed by atoms with van der Waals surface area (Å²) in [5.41, 5.74) is 0. The summed E-state index contributed by atoms with van der Waals surface area (Å²) in [5.74, 6) is 1.19. The fraction of sp³-hybridized carbons (Fsp3) is 0.562. The lowest BCUT2D eigenvalue weighted by molar-refractivity contribution is 0.0571. The van der Waals surface area contributed by atoms with Gasteiger partial charge in [-0.1, -0.05) is 17.7 Å². The summed E-state index contributed by atoms with van der Waals surface area (Å²) in [6.45, 7) is 4.45. The first kappa shape index (κ1) is 16.9. The summed E-state index contributed by atoms with van der Waals surface area (Å²) in [6.07, 6.45) is 2.00. The maximum absolute atomic E-state index is 11.8. The van der Waals surface area contributed by atoms with Gasteiger partial charge in [0.05, 0.1) is 6.54 Å². The van der Waals surface area contributed by atoms with Crippen LogP contribution in [0.25, 0.3) is 0 Å². The number of hydrogen-bond acceptors (Lipinski definition) is 3. The molecule has 0 saturated carbocycles. The molecule has 0 radical (unpaired) electrons. The Morgan fingerprint density at radius 3 is 2.95 bits per heavy atom. The zero-order chi connectivity index (χ0) is 15.8. The third-order valence-corrected chi connectivity index (χ3v) is 4.02. The second kappa shape index (κ2) is 8.86. The van der Waals surface area contributed by atoms with E-state index in [4.69, 9.17) is 21.1 Å². The van der Waals surface area contributed by atoms with E-state index in [-0.39, 0.29) is 12.1 Å². The molecule has 0 bridgehead atoms. The molecule has 1 aromatic rings. The number of rotatable bonds is 6. The lowest BCUT2D eigenvalue weighted by Gasteiger charge is -2.28. The zero-order valence-electron chi connectivity index (χ0n) is 12.8. The lowest BCUT2D eigenvalue weighted by atomic mass is 9.93. The quantitative estimate of drug-likeness (QED) is 0.790. The van der Waals surface area contributed by atoms with Crippen molar-refractivity contribution in [1.82, 2.24) is 10.6 Å². The summed E-state index contributed by atoms with van der Waals surface area (Å²) >= 11 is 5.87. The van der Waals surface area contributed by atoms with Crippen molar-refractivity contribution in [3.8, 4) is 5.75 Å². The van der Waals surface area contributed by atoms with E-state index in [1.54, 1.807) is 12.1 Å². The Morgan fingerprint density at radius 2 is 2.23 bits per heavy atom. The van der Waals surface area contributed by atoms with Crippen molar-refractivity contribution in [3.63, 3.8) is 0 Å². The maximum Gasteiger partial charge on any atom is 0.315 e. The molecule has 1 heterocycles. The summed E-state index contributed by atoms with van der Waals surface area (Å²) in [5, 5.41) is 6.41. The Morgan fingerprint density at radius 1 is 1.45 bits per heavy atom. The predicted octanol–water partition coefficient (Wildman–Crippen LogP) is 2.83. The van der Waals surface area contributed by atoms with E-state index in [2.05, 4.69) is 10.6 Å². The van der Waals surface area contributed by atoms with E-state index >= 15 is 0 Å². The van der Waals surface area contributed by atoms with Gasteiger partial charge in [-0.3, -0.25) is 0 Å². The summed E-state index contributed by atoms with van der Waals surface area (Å²) < 4.78 is 10.8. The molecule has 1 aliphatic heterocycles. The van der Waals surface area contributed by atoms with E-state index in [1.165, 1.54) is 0 Å². The molecule has 2 rings (SSSR count). The third-order valence-electron chi connectivity index (χ3n) is 3.78. The average molecular weight is 327 g/mol. The Kier molecular flexibility index (Phi) is 6.80. The SMILES string of the molecule is C[C@H](NC(=O)NCCOc1cccc(Cl)c1)C1CCOCC1. The number of ether oxygens (including phenoxy) is 2. The van der Waals surface area contributed by atoms with Crippen LogP contribution < -0.4 is 15.4 Å². The van der Waals surface area contributed by atoms with Crippen LogP contribution in [0.15, 0.2) is 24.3 Å². The van der Waals surface area contributed by atoms with Crippen LogP contribution >= 0.6 is 11.6 Å². The van der Waals surface area contributed by atoms with Gasteiger partial charge in [0.15, 0.2) is 0 Å². The van der Waals surface area contributed by atoms with Gasteiger partial charge in [-0.15, -0.1) is 0 Å². The van der Waals surface area contributed by atoms with Crippen molar-refractivity contribution in [2.24, 2.45) is 5.92 Å². The second-order valence-corrected chi connectivity index (χ2v) is 5.88. The minimum Gasteiger partial charge on any atom is -0.492 e. The molecule has 6 heteroatoms. The van der Waals surface area contributed by atoms with Crippen molar-refractivity contribution < 1.29 is 14.3 Å². The molecule has 1 aromatic carbocycles. The minimum absolute atomic E-state index is 0.151. The highest BCUT2D eigenvalue weighted by Gasteiger charge is 2.21. The van der Waals surface area contributed by atoms with Gasteiger partial charge in [-0.25, -0.2) is 4.79 Å². The fourth-order valence-electron chi connectivity index (χ4n) is 2.48. The van der Waals surface area contributed by atoms with Crippen LogP contribution in [0, 0.1) is 5.92 Å². The first-order valence-electron chi connectivity index (χ1n) is 7.65. The van der Waals surface area contributed by atoms with Crippen LogP contribution in [0.3, 0.4) is 0 Å². The molecule has 1 aliphatic rings. The standard InChI is InChI=1S/C16H23ClN2O3/c1-12(13-5-8-21-9-6-13)19-16(20)18-7-10-22-15-4-2-3-14(17)11-15/h2-4,11-13H,5-10H2,1H3,(H2,18,19,20)/t12-/m0/s1. The number of halogens is 1. The van der Waals surface area contributed by atoms with Gasteiger partial charge < -0.3 is 20.1 Å². The van der Waals surface area contributed by atoms with Crippen LogP contribution in [-0.2, 0) is 4.74 Å². The number of amides is 2. The van der Waals surface area contributed by atoms with Gasteiger partial charge in [-0.05, 0) is 43.9 Å².